The Balaban J connectivity index is 2.16. The lowest BCUT2D eigenvalue weighted by molar-refractivity contribution is 0.505. The number of hydrogen-bond acceptors (Lipinski definition) is 2. The number of aromatic nitrogens is 3. The predicted octanol–water partition coefficient (Wildman–Crippen LogP) is 3.06. The average Bonchev–Trinajstić information content (AvgIpc) is 2.72. The molecule has 0 fully saturated rings. The SMILES string of the molecule is CC(Br)c1cn(Cc2ccc(F)c(F)c2)nn1. The van der Waals surface area contributed by atoms with Crippen molar-refractivity contribution in [1.29, 1.82) is 0 Å². The van der Waals surface area contributed by atoms with Crippen molar-refractivity contribution in [1.82, 2.24) is 15.0 Å². The molecular weight excluding hydrogens is 292 g/mol. The molecule has 0 radical (unpaired) electrons. The smallest absolute Gasteiger partial charge is 0.159 e. The van der Waals surface area contributed by atoms with Crippen molar-refractivity contribution in [3.05, 3.63) is 47.3 Å². The molecule has 2 rings (SSSR count). The third-order valence-corrected chi connectivity index (χ3v) is 2.76. The molecule has 1 aromatic heterocycles. The van der Waals surface area contributed by atoms with Gasteiger partial charge in [0.15, 0.2) is 11.6 Å². The minimum Gasteiger partial charge on any atom is -0.248 e. The van der Waals surface area contributed by atoms with Crippen molar-refractivity contribution in [3.63, 3.8) is 0 Å². The molecule has 1 heterocycles. The number of hydrogen-bond donors (Lipinski definition) is 0. The van der Waals surface area contributed by atoms with Crippen molar-refractivity contribution >= 4 is 15.9 Å². The number of alkyl halides is 1. The Labute approximate surface area is 106 Å². The monoisotopic (exact) mass is 301 g/mol. The summed E-state index contributed by atoms with van der Waals surface area (Å²) in [6.45, 7) is 2.30. The molecule has 0 aliphatic rings. The lowest BCUT2D eigenvalue weighted by Gasteiger charge is -2.01. The van der Waals surface area contributed by atoms with Gasteiger partial charge in [0.25, 0.3) is 0 Å². The van der Waals surface area contributed by atoms with Gasteiger partial charge in [0.2, 0.25) is 0 Å². The zero-order chi connectivity index (χ0) is 12.4. The zero-order valence-electron chi connectivity index (χ0n) is 9.07. The van der Waals surface area contributed by atoms with Gasteiger partial charge >= 0.3 is 0 Å². The lowest BCUT2D eigenvalue weighted by Crippen LogP contribution is -2.01. The van der Waals surface area contributed by atoms with Gasteiger partial charge < -0.3 is 0 Å². The van der Waals surface area contributed by atoms with E-state index in [1.807, 2.05) is 6.92 Å². The van der Waals surface area contributed by atoms with E-state index in [2.05, 4.69) is 26.2 Å². The van der Waals surface area contributed by atoms with Crippen LogP contribution in [-0.2, 0) is 6.54 Å². The van der Waals surface area contributed by atoms with E-state index in [0.717, 1.165) is 17.8 Å². The van der Waals surface area contributed by atoms with E-state index < -0.39 is 11.6 Å². The molecule has 0 saturated carbocycles. The summed E-state index contributed by atoms with van der Waals surface area (Å²) >= 11 is 3.38. The van der Waals surface area contributed by atoms with Gasteiger partial charge in [0.05, 0.1) is 17.1 Å². The van der Waals surface area contributed by atoms with Gasteiger partial charge in [-0.1, -0.05) is 27.2 Å². The maximum Gasteiger partial charge on any atom is 0.159 e. The van der Waals surface area contributed by atoms with Crippen LogP contribution in [0.25, 0.3) is 0 Å². The highest BCUT2D eigenvalue weighted by atomic mass is 79.9. The highest BCUT2D eigenvalue weighted by Gasteiger charge is 2.07. The van der Waals surface area contributed by atoms with Gasteiger partial charge in [-0.25, -0.2) is 13.5 Å². The summed E-state index contributed by atoms with van der Waals surface area (Å²) < 4.78 is 27.3. The first-order valence-corrected chi connectivity index (χ1v) is 5.96. The van der Waals surface area contributed by atoms with Gasteiger partial charge in [-0.2, -0.15) is 0 Å². The van der Waals surface area contributed by atoms with E-state index in [4.69, 9.17) is 0 Å². The number of rotatable bonds is 3. The summed E-state index contributed by atoms with van der Waals surface area (Å²) in [7, 11) is 0. The summed E-state index contributed by atoms with van der Waals surface area (Å²) in [6, 6.07) is 3.79. The molecule has 6 heteroatoms. The van der Waals surface area contributed by atoms with Crippen LogP contribution in [-0.4, -0.2) is 15.0 Å². The van der Waals surface area contributed by atoms with E-state index in [1.54, 1.807) is 10.9 Å². The molecule has 0 aliphatic carbocycles. The topological polar surface area (TPSA) is 30.7 Å². The highest BCUT2D eigenvalue weighted by Crippen LogP contribution is 2.18. The first kappa shape index (κ1) is 12.2. The molecule has 90 valence electrons. The summed E-state index contributed by atoms with van der Waals surface area (Å²) in [5.74, 6) is -1.70. The summed E-state index contributed by atoms with van der Waals surface area (Å²) in [6.07, 6.45) is 1.76. The van der Waals surface area contributed by atoms with Gasteiger partial charge in [-0.05, 0) is 24.6 Å². The number of benzene rings is 1. The molecule has 0 N–H and O–H groups in total. The normalized spacial score (nSPS) is 12.7. The van der Waals surface area contributed by atoms with E-state index in [0.29, 0.717) is 12.1 Å². The van der Waals surface area contributed by atoms with Gasteiger partial charge in [0.1, 0.15) is 0 Å². The lowest BCUT2D eigenvalue weighted by atomic mass is 10.2. The Kier molecular flexibility index (Phi) is 3.51. The number of nitrogens with zero attached hydrogens (tertiary/aromatic N) is 3. The molecule has 0 aliphatic heterocycles. The highest BCUT2D eigenvalue weighted by molar-refractivity contribution is 9.09. The summed E-state index contributed by atoms with van der Waals surface area (Å²) in [4.78, 5) is 0.112. The molecule has 0 amide bonds. The maximum absolute atomic E-state index is 13.0. The van der Waals surface area contributed by atoms with E-state index in [1.165, 1.54) is 6.07 Å². The maximum atomic E-state index is 13.0. The van der Waals surface area contributed by atoms with Gasteiger partial charge in [-0.3, -0.25) is 0 Å². The Bertz CT molecular complexity index is 525. The second kappa shape index (κ2) is 4.91. The fourth-order valence-electron chi connectivity index (χ4n) is 1.40. The quantitative estimate of drug-likeness (QED) is 0.816. The Hall–Kier alpha value is -1.30. The molecule has 17 heavy (non-hydrogen) atoms. The fraction of sp³-hybridized carbons (Fsp3) is 0.273. The van der Waals surface area contributed by atoms with Crippen molar-refractivity contribution in [2.24, 2.45) is 0 Å². The fourth-order valence-corrected chi connectivity index (χ4v) is 1.61. The zero-order valence-corrected chi connectivity index (χ0v) is 10.7. The molecule has 1 unspecified atom stereocenters. The second-order valence-corrected chi connectivity index (χ2v) is 5.08. The average molecular weight is 302 g/mol. The molecule has 0 saturated heterocycles. The molecular formula is C11H10BrF2N3. The van der Waals surface area contributed by atoms with Crippen LogP contribution in [0.3, 0.4) is 0 Å². The van der Waals surface area contributed by atoms with Crippen molar-refractivity contribution in [2.75, 3.05) is 0 Å². The third-order valence-electron chi connectivity index (χ3n) is 2.29. The molecule has 0 spiro atoms. The van der Waals surface area contributed by atoms with Gasteiger partial charge in [0, 0.05) is 6.20 Å². The van der Waals surface area contributed by atoms with Crippen LogP contribution in [0.1, 0.15) is 23.0 Å². The van der Waals surface area contributed by atoms with Crippen LogP contribution < -0.4 is 0 Å². The molecule has 2 aromatic rings. The van der Waals surface area contributed by atoms with Crippen LogP contribution in [0.4, 0.5) is 8.78 Å². The van der Waals surface area contributed by atoms with Crippen LogP contribution >= 0.6 is 15.9 Å². The first-order valence-electron chi connectivity index (χ1n) is 5.04. The van der Waals surface area contributed by atoms with Crippen molar-refractivity contribution in [3.8, 4) is 0 Å². The Morgan fingerprint density at radius 3 is 2.71 bits per heavy atom. The van der Waals surface area contributed by atoms with Crippen molar-refractivity contribution in [2.45, 2.75) is 18.3 Å². The second-order valence-electron chi connectivity index (χ2n) is 3.71. The first-order chi connectivity index (χ1) is 8.06. The molecule has 3 nitrogen and oxygen atoms in total. The minimum atomic E-state index is -0.850. The van der Waals surface area contributed by atoms with Crippen LogP contribution in [0.5, 0.6) is 0 Å². The largest absolute Gasteiger partial charge is 0.248 e. The Morgan fingerprint density at radius 1 is 1.35 bits per heavy atom. The summed E-state index contributed by atoms with van der Waals surface area (Å²) in [5, 5.41) is 7.86. The predicted molar refractivity (Wildman–Crippen MR) is 62.8 cm³/mol. The Morgan fingerprint density at radius 2 is 2.12 bits per heavy atom. The minimum absolute atomic E-state index is 0.112. The third kappa shape index (κ3) is 2.88. The van der Waals surface area contributed by atoms with Crippen LogP contribution in [0.2, 0.25) is 0 Å². The van der Waals surface area contributed by atoms with Crippen LogP contribution in [0, 0.1) is 11.6 Å². The van der Waals surface area contributed by atoms with Crippen molar-refractivity contribution < 1.29 is 8.78 Å². The van der Waals surface area contributed by atoms with Crippen LogP contribution in [0.15, 0.2) is 24.4 Å². The standard InChI is InChI=1S/C11H10BrF2N3/c1-7(12)11-6-17(16-15-11)5-8-2-3-9(13)10(14)4-8/h2-4,6-7H,5H2,1H3. The number of halogens is 3. The molecule has 1 aromatic carbocycles. The van der Waals surface area contributed by atoms with E-state index in [-0.39, 0.29) is 4.83 Å². The molecule has 1 atom stereocenters. The van der Waals surface area contributed by atoms with E-state index in [9.17, 15) is 8.78 Å². The van der Waals surface area contributed by atoms with E-state index >= 15 is 0 Å². The summed E-state index contributed by atoms with van der Waals surface area (Å²) in [5.41, 5.74) is 1.44. The molecule has 0 bridgehead atoms. The van der Waals surface area contributed by atoms with Gasteiger partial charge in [-0.15, -0.1) is 5.10 Å².